The third-order valence-corrected chi connectivity index (χ3v) is 5.21. The number of phenolic OH excluding ortho intramolecular Hbond substituents is 1. The van der Waals surface area contributed by atoms with Crippen molar-refractivity contribution in [1.82, 2.24) is 5.32 Å². The second-order valence-corrected chi connectivity index (χ2v) is 7.70. The average Bonchev–Trinajstić information content (AvgIpc) is 2.51. The SMILES string of the molecule is CCCC(Cc1cc(C)c(O)c(C(C)C)c1)NC1CCCCC1. The molecule has 0 bridgehead atoms. The average molecular weight is 318 g/mol. The number of hydrogen-bond donors (Lipinski definition) is 2. The Labute approximate surface area is 142 Å². The highest BCUT2D eigenvalue weighted by Gasteiger charge is 2.19. The van der Waals surface area contributed by atoms with Crippen LogP contribution in [0.25, 0.3) is 0 Å². The molecule has 1 aliphatic rings. The Morgan fingerprint density at radius 1 is 1.17 bits per heavy atom. The number of phenols is 1. The molecule has 0 saturated heterocycles. The van der Waals surface area contributed by atoms with Crippen molar-refractivity contribution in [3.05, 3.63) is 28.8 Å². The van der Waals surface area contributed by atoms with Crippen LogP contribution in [0.2, 0.25) is 0 Å². The predicted octanol–water partition coefficient (Wildman–Crippen LogP) is 5.46. The molecule has 0 aliphatic heterocycles. The molecule has 2 nitrogen and oxygen atoms in total. The van der Waals surface area contributed by atoms with E-state index in [9.17, 15) is 5.11 Å². The van der Waals surface area contributed by atoms with Crippen molar-refractivity contribution in [2.24, 2.45) is 0 Å². The smallest absolute Gasteiger partial charge is 0.121 e. The highest BCUT2D eigenvalue weighted by Crippen LogP contribution is 2.31. The quantitative estimate of drug-likeness (QED) is 0.700. The summed E-state index contributed by atoms with van der Waals surface area (Å²) in [6, 6.07) is 5.67. The first-order valence-corrected chi connectivity index (χ1v) is 9.59. The van der Waals surface area contributed by atoms with Gasteiger partial charge in [0.2, 0.25) is 0 Å². The topological polar surface area (TPSA) is 32.3 Å². The lowest BCUT2D eigenvalue weighted by atomic mass is 9.91. The molecule has 0 spiro atoms. The van der Waals surface area contributed by atoms with Crippen LogP contribution < -0.4 is 5.32 Å². The van der Waals surface area contributed by atoms with Crippen molar-refractivity contribution in [3.63, 3.8) is 0 Å². The van der Waals surface area contributed by atoms with Gasteiger partial charge in [0.1, 0.15) is 5.75 Å². The molecule has 130 valence electrons. The zero-order valence-corrected chi connectivity index (χ0v) is 15.5. The molecule has 1 fully saturated rings. The van der Waals surface area contributed by atoms with Crippen molar-refractivity contribution in [2.45, 2.75) is 97.1 Å². The molecular formula is C21H35NO. The molecule has 1 aromatic rings. The molecule has 0 aromatic heterocycles. The third-order valence-electron chi connectivity index (χ3n) is 5.21. The zero-order chi connectivity index (χ0) is 16.8. The first kappa shape index (κ1) is 18.3. The minimum atomic E-state index is 0.365. The van der Waals surface area contributed by atoms with Crippen LogP contribution in [0, 0.1) is 6.92 Å². The Morgan fingerprint density at radius 3 is 2.48 bits per heavy atom. The molecule has 23 heavy (non-hydrogen) atoms. The van der Waals surface area contributed by atoms with E-state index in [1.807, 2.05) is 6.92 Å². The van der Waals surface area contributed by atoms with Crippen LogP contribution in [0.3, 0.4) is 0 Å². The van der Waals surface area contributed by atoms with E-state index in [1.54, 1.807) is 0 Å². The zero-order valence-electron chi connectivity index (χ0n) is 15.5. The minimum absolute atomic E-state index is 0.365. The maximum absolute atomic E-state index is 10.3. The van der Waals surface area contributed by atoms with Crippen LogP contribution >= 0.6 is 0 Å². The summed E-state index contributed by atoms with van der Waals surface area (Å²) in [7, 11) is 0. The Balaban J connectivity index is 2.09. The Morgan fingerprint density at radius 2 is 1.87 bits per heavy atom. The third kappa shape index (κ3) is 5.24. The van der Waals surface area contributed by atoms with E-state index < -0.39 is 0 Å². The molecule has 1 aliphatic carbocycles. The van der Waals surface area contributed by atoms with Crippen LogP contribution in [0.15, 0.2) is 12.1 Å². The van der Waals surface area contributed by atoms with E-state index in [1.165, 1.54) is 50.5 Å². The van der Waals surface area contributed by atoms with Gasteiger partial charge in [-0.2, -0.15) is 0 Å². The van der Waals surface area contributed by atoms with Crippen molar-refractivity contribution in [1.29, 1.82) is 0 Å². The van der Waals surface area contributed by atoms with Gasteiger partial charge in [-0.25, -0.2) is 0 Å². The summed E-state index contributed by atoms with van der Waals surface area (Å²) in [5.41, 5.74) is 3.47. The van der Waals surface area contributed by atoms with E-state index in [0.29, 0.717) is 23.8 Å². The molecule has 1 aromatic carbocycles. The predicted molar refractivity (Wildman–Crippen MR) is 99.3 cm³/mol. The number of nitrogens with one attached hydrogen (secondary N) is 1. The number of aromatic hydroxyl groups is 1. The van der Waals surface area contributed by atoms with E-state index in [4.69, 9.17) is 0 Å². The second-order valence-electron chi connectivity index (χ2n) is 7.70. The van der Waals surface area contributed by atoms with Crippen molar-refractivity contribution < 1.29 is 5.11 Å². The van der Waals surface area contributed by atoms with Crippen LogP contribution in [0.5, 0.6) is 5.75 Å². The fourth-order valence-corrected chi connectivity index (χ4v) is 3.92. The first-order valence-electron chi connectivity index (χ1n) is 9.59. The van der Waals surface area contributed by atoms with Crippen LogP contribution in [0.4, 0.5) is 0 Å². The van der Waals surface area contributed by atoms with Gasteiger partial charge in [-0.05, 0) is 55.2 Å². The summed E-state index contributed by atoms with van der Waals surface area (Å²) in [6.45, 7) is 8.61. The molecule has 2 N–H and O–H groups in total. The maximum Gasteiger partial charge on any atom is 0.121 e. The normalized spacial score (nSPS) is 17.6. The fourth-order valence-electron chi connectivity index (χ4n) is 3.92. The van der Waals surface area contributed by atoms with Gasteiger partial charge < -0.3 is 10.4 Å². The number of benzene rings is 1. The number of aryl methyl sites for hydroxylation is 1. The molecule has 0 radical (unpaired) electrons. The Kier molecular flexibility index (Phi) is 6.95. The summed E-state index contributed by atoms with van der Waals surface area (Å²) in [6.07, 6.45) is 10.4. The number of rotatable bonds is 7. The van der Waals surface area contributed by atoms with Gasteiger partial charge in [-0.3, -0.25) is 0 Å². The van der Waals surface area contributed by atoms with E-state index in [-0.39, 0.29) is 0 Å². The molecule has 1 unspecified atom stereocenters. The highest BCUT2D eigenvalue weighted by atomic mass is 16.3. The lowest BCUT2D eigenvalue weighted by Crippen LogP contribution is -2.40. The largest absolute Gasteiger partial charge is 0.507 e. The Bertz CT molecular complexity index is 489. The molecule has 2 heteroatoms. The van der Waals surface area contributed by atoms with Gasteiger partial charge in [-0.15, -0.1) is 0 Å². The molecule has 0 amide bonds. The lowest BCUT2D eigenvalue weighted by Gasteiger charge is -2.29. The van der Waals surface area contributed by atoms with E-state index in [2.05, 4.69) is 38.2 Å². The minimum Gasteiger partial charge on any atom is -0.507 e. The van der Waals surface area contributed by atoms with Gasteiger partial charge in [0, 0.05) is 12.1 Å². The van der Waals surface area contributed by atoms with Crippen LogP contribution in [-0.4, -0.2) is 17.2 Å². The molecule has 1 atom stereocenters. The standard InChI is InChI=1S/C21H35NO/c1-5-9-19(22-18-10-7-6-8-11-18)13-17-12-16(4)21(23)20(14-17)15(2)3/h12,14-15,18-19,22-23H,5-11,13H2,1-4H3. The fraction of sp³-hybridized carbons (Fsp3) is 0.714. The summed E-state index contributed by atoms with van der Waals surface area (Å²) >= 11 is 0. The highest BCUT2D eigenvalue weighted by molar-refractivity contribution is 5.44. The monoisotopic (exact) mass is 317 g/mol. The van der Waals surface area contributed by atoms with Crippen LogP contribution in [0.1, 0.15) is 88.3 Å². The van der Waals surface area contributed by atoms with Crippen molar-refractivity contribution in [2.75, 3.05) is 0 Å². The van der Waals surface area contributed by atoms with Gasteiger partial charge in [0.05, 0.1) is 0 Å². The van der Waals surface area contributed by atoms with Gasteiger partial charge in [0.25, 0.3) is 0 Å². The van der Waals surface area contributed by atoms with Gasteiger partial charge >= 0.3 is 0 Å². The summed E-state index contributed by atoms with van der Waals surface area (Å²) < 4.78 is 0. The van der Waals surface area contributed by atoms with Gasteiger partial charge in [0.15, 0.2) is 0 Å². The van der Waals surface area contributed by atoms with Gasteiger partial charge in [-0.1, -0.05) is 58.6 Å². The summed E-state index contributed by atoms with van der Waals surface area (Å²) in [5, 5.41) is 14.2. The number of hydrogen-bond acceptors (Lipinski definition) is 2. The molecule has 1 saturated carbocycles. The van der Waals surface area contributed by atoms with E-state index >= 15 is 0 Å². The summed E-state index contributed by atoms with van der Waals surface area (Å²) in [5.74, 6) is 0.848. The maximum atomic E-state index is 10.3. The first-order chi connectivity index (χ1) is 11.0. The van der Waals surface area contributed by atoms with Crippen LogP contribution in [-0.2, 0) is 6.42 Å². The lowest BCUT2D eigenvalue weighted by molar-refractivity contribution is 0.324. The molecular weight excluding hydrogens is 282 g/mol. The van der Waals surface area contributed by atoms with Crippen molar-refractivity contribution >= 4 is 0 Å². The summed E-state index contributed by atoms with van der Waals surface area (Å²) in [4.78, 5) is 0. The molecule has 0 heterocycles. The Hall–Kier alpha value is -1.02. The second kappa shape index (κ2) is 8.73. The molecule has 2 rings (SSSR count). The van der Waals surface area contributed by atoms with Crippen molar-refractivity contribution in [3.8, 4) is 5.75 Å². The van der Waals surface area contributed by atoms with E-state index in [0.717, 1.165) is 17.5 Å².